The molecule has 2 N–H and O–H groups in total. The Bertz CT molecular complexity index is 199. The fourth-order valence-corrected chi connectivity index (χ4v) is 1.43. The average molecular weight is 169 g/mol. The van der Waals surface area contributed by atoms with Crippen LogP contribution in [-0.4, -0.2) is 23.2 Å². The van der Waals surface area contributed by atoms with Gasteiger partial charge in [0.05, 0.1) is 5.92 Å². The topological polar surface area (TPSA) is 49.3 Å². The largest absolute Gasteiger partial charge is 0.481 e. The predicted octanol–water partition coefficient (Wildman–Crippen LogP) is 1.01. The average Bonchev–Trinajstić information content (AvgIpc) is 2.34. The summed E-state index contributed by atoms with van der Waals surface area (Å²) in [7, 11) is 0. The van der Waals surface area contributed by atoms with Gasteiger partial charge in [-0.05, 0) is 6.42 Å². The van der Waals surface area contributed by atoms with Crippen molar-refractivity contribution in [2.75, 3.05) is 0 Å². The summed E-state index contributed by atoms with van der Waals surface area (Å²) in [5.74, 6) is -1.01. The number of nitrogens with one attached hydrogen (secondary N) is 1. The molecule has 2 unspecified atom stereocenters. The molecule has 1 rings (SSSR count). The molecule has 3 nitrogen and oxygen atoms in total. The van der Waals surface area contributed by atoms with E-state index in [2.05, 4.69) is 19.2 Å². The second-order valence-electron chi connectivity index (χ2n) is 3.49. The molecule has 0 aromatic rings. The molecule has 2 atom stereocenters. The Hall–Kier alpha value is -0.830. The van der Waals surface area contributed by atoms with Crippen molar-refractivity contribution in [3.8, 4) is 0 Å². The molecule has 0 amide bonds. The van der Waals surface area contributed by atoms with Crippen LogP contribution in [0, 0.1) is 5.92 Å². The van der Waals surface area contributed by atoms with Gasteiger partial charge in [-0.2, -0.15) is 0 Å². The smallest absolute Gasteiger partial charge is 0.310 e. The lowest BCUT2D eigenvalue weighted by Crippen LogP contribution is -2.33. The van der Waals surface area contributed by atoms with E-state index in [1.165, 1.54) is 0 Å². The van der Waals surface area contributed by atoms with Crippen molar-refractivity contribution >= 4 is 5.97 Å². The molecule has 0 saturated carbocycles. The van der Waals surface area contributed by atoms with Crippen molar-refractivity contribution < 1.29 is 9.90 Å². The molecule has 0 bridgehead atoms. The molecule has 0 spiro atoms. The van der Waals surface area contributed by atoms with E-state index in [0.717, 1.165) is 0 Å². The zero-order valence-corrected chi connectivity index (χ0v) is 7.45. The Morgan fingerprint density at radius 1 is 1.58 bits per heavy atom. The van der Waals surface area contributed by atoms with Crippen LogP contribution in [0.1, 0.15) is 20.3 Å². The summed E-state index contributed by atoms with van der Waals surface area (Å²) in [6, 6.07) is 0.651. The Kier molecular flexibility index (Phi) is 2.87. The summed E-state index contributed by atoms with van der Waals surface area (Å²) in [6.45, 7) is 4.11. The summed E-state index contributed by atoms with van der Waals surface area (Å²) in [5, 5.41) is 12.0. The minimum Gasteiger partial charge on any atom is -0.481 e. The third-order valence-electron chi connectivity index (χ3n) is 1.95. The van der Waals surface area contributed by atoms with Gasteiger partial charge < -0.3 is 10.4 Å². The molecule has 0 aromatic heterocycles. The van der Waals surface area contributed by atoms with Crippen LogP contribution in [0.5, 0.6) is 0 Å². The lowest BCUT2D eigenvalue weighted by atomic mass is 10.1. The highest BCUT2D eigenvalue weighted by atomic mass is 16.4. The first-order valence-electron chi connectivity index (χ1n) is 4.26. The Balaban J connectivity index is 2.37. The van der Waals surface area contributed by atoms with E-state index >= 15 is 0 Å². The van der Waals surface area contributed by atoms with Gasteiger partial charge in [0.2, 0.25) is 0 Å². The van der Waals surface area contributed by atoms with E-state index in [1.54, 1.807) is 6.08 Å². The van der Waals surface area contributed by atoms with Crippen molar-refractivity contribution in [1.82, 2.24) is 5.32 Å². The highest BCUT2D eigenvalue weighted by molar-refractivity contribution is 5.72. The van der Waals surface area contributed by atoms with Gasteiger partial charge in [0.1, 0.15) is 0 Å². The fraction of sp³-hybridized carbons (Fsp3) is 0.667. The summed E-state index contributed by atoms with van der Waals surface area (Å²) in [5.41, 5.74) is 0. The summed E-state index contributed by atoms with van der Waals surface area (Å²) < 4.78 is 0. The Labute approximate surface area is 72.5 Å². The van der Waals surface area contributed by atoms with Gasteiger partial charge in [0, 0.05) is 12.1 Å². The fourth-order valence-electron chi connectivity index (χ4n) is 1.43. The molecule has 0 radical (unpaired) electrons. The number of aliphatic carboxylic acids is 1. The number of carboxylic acids is 1. The number of carboxylic acid groups (broad SMARTS) is 1. The van der Waals surface area contributed by atoms with Gasteiger partial charge in [-0.25, -0.2) is 0 Å². The molecule has 12 heavy (non-hydrogen) atoms. The third kappa shape index (κ3) is 2.34. The summed E-state index contributed by atoms with van der Waals surface area (Å²) in [4.78, 5) is 10.6. The molecule has 1 aliphatic carbocycles. The second kappa shape index (κ2) is 3.72. The van der Waals surface area contributed by atoms with E-state index in [4.69, 9.17) is 5.11 Å². The maximum Gasteiger partial charge on any atom is 0.310 e. The van der Waals surface area contributed by atoms with E-state index < -0.39 is 5.97 Å². The van der Waals surface area contributed by atoms with Gasteiger partial charge >= 0.3 is 5.97 Å². The first-order valence-corrected chi connectivity index (χ1v) is 4.26. The SMILES string of the molecule is CC(C)NC1C=CC(C(=O)O)C1. The van der Waals surface area contributed by atoms with Crippen LogP contribution >= 0.6 is 0 Å². The van der Waals surface area contributed by atoms with Crippen molar-refractivity contribution in [1.29, 1.82) is 0 Å². The highest BCUT2D eigenvalue weighted by Gasteiger charge is 2.24. The van der Waals surface area contributed by atoms with Crippen molar-refractivity contribution in [2.45, 2.75) is 32.4 Å². The van der Waals surface area contributed by atoms with Crippen LogP contribution in [0.3, 0.4) is 0 Å². The molecule has 68 valence electrons. The quantitative estimate of drug-likeness (QED) is 0.620. The van der Waals surface area contributed by atoms with Crippen LogP contribution in [0.25, 0.3) is 0 Å². The van der Waals surface area contributed by atoms with Crippen molar-refractivity contribution in [2.24, 2.45) is 5.92 Å². The van der Waals surface area contributed by atoms with Crippen LogP contribution in [0.2, 0.25) is 0 Å². The number of hydrogen-bond acceptors (Lipinski definition) is 2. The molecule has 0 fully saturated rings. The van der Waals surface area contributed by atoms with E-state index in [9.17, 15) is 4.79 Å². The van der Waals surface area contributed by atoms with E-state index in [0.29, 0.717) is 12.5 Å². The maximum absolute atomic E-state index is 10.6. The van der Waals surface area contributed by atoms with E-state index in [-0.39, 0.29) is 12.0 Å². The first kappa shape index (κ1) is 9.26. The number of rotatable bonds is 3. The summed E-state index contributed by atoms with van der Waals surface area (Å²) >= 11 is 0. The molecule has 0 aromatic carbocycles. The minimum absolute atomic E-state index is 0.242. The van der Waals surface area contributed by atoms with Crippen molar-refractivity contribution in [3.05, 3.63) is 12.2 Å². The normalized spacial score (nSPS) is 28.2. The molecule has 0 aliphatic heterocycles. The second-order valence-corrected chi connectivity index (χ2v) is 3.49. The van der Waals surface area contributed by atoms with Gasteiger partial charge in [-0.3, -0.25) is 4.79 Å². The zero-order valence-electron chi connectivity index (χ0n) is 7.45. The highest BCUT2D eigenvalue weighted by Crippen LogP contribution is 2.18. The van der Waals surface area contributed by atoms with Crippen LogP contribution in [-0.2, 0) is 4.79 Å². The molecular weight excluding hydrogens is 154 g/mol. The third-order valence-corrected chi connectivity index (χ3v) is 1.95. The standard InChI is InChI=1S/C9H15NO2/c1-6(2)10-8-4-3-7(5-8)9(11)12/h3-4,6-8,10H,5H2,1-2H3,(H,11,12). The van der Waals surface area contributed by atoms with Crippen LogP contribution < -0.4 is 5.32 Å². The van der Waals surface area contributed by atoms with Gasteiger partial charge in [0.15, 0.2) is 0 Å². The molecule has 0 heterocycles. The minimum atomic E-state index is -0.723. The lowest BCUT2D eigenvalue weighted by molar-refractivity contribution is -0.140. The van der Waals surface area contributed by atoms with Gasteiger partial charge in [-0.1, -0.05) is 26.0 Å². The Morgan fingerprint density at radius 3 is 2.67 bits per heavy atom. The van der Waals surface area contributed by atoms with Gasteiger partial charge in [-0.15, -0.1) is 0 Å². The lowest BCUT2D eigenvalue weighted by Gasteiger charge is -2.14. The zero-order chi connectivity index (χ0) is 9.14. The van der Waals surface area contributed by atoms with Crippen LogP contribution in [0.4, 0.5) is 0 Å². The van der Waals surface area contributed by atoms with E-state index in [1.807, 2.05) is 6.08 Å². The predicted molar refractivity (Wildman–Crippen MR) is 46.9 cm³/mol. The first-order chi connectivity index (χ1) is 5.59. The Morgan fingerprint density at radius 2 is 2.25 bits per heavy atom. The van der Waals surface area contributed by atoms with Crippen LogP contribution in [0.15, 0.2) is 12.2 Å². The van der Waals surface area contributed by atoms with Gasteiger partial charge in [0.25, 0.3) is 0 Å². The molecule has 0 saturated heterocycles. The number of carbonyl (C=O) groups is 1. The maximum atomic E-state index is 10.6. The molecule has 1 aliphatic rings. The monoisotopic (exact) mass is 169 g/mol. The summed E-state index contributed by atoms with van der Waals surface area (Å²) in [6.07, 6.45) is 4.40. The molecule has 3 heteroatoms. The van der Waals surface area contributed by atoms with Crippen molar-refractivity contribution in [3.63, 3.8) is 0 Å². The molecular formula is C9H15NO2. The number of hydrogen-bond donors (Lipinski definition) is 2.